The first-order chi connectivity index (χ1) is 12.4. The van der Waals surface area contributed by atoms with E-state index in [0.717, 1.165) is 44.0 Å². The Balaban J connectivity index is 1.31. The van der Waals surface area contributed by atoms with Crippen LogP contribution in [-0.4, -0.2) is 13.2 Å². The lowest BCUT2D eigenvalue weighted by molar-refractivity contribution is 0.279. The van der Waals surface area contributed by atoms with E-state index in [-0.39, 0.29) is 0 Å². The average Bonchev–Trinajstić information content (AvgIpc) is 2.69. The van der Waals surface area contributed by atoms with Crippen molar-refractivity contribution in [3.8, 4) is 22.6 Å². The van der Waals surface area contributed by atoms with Crippen LogP contribution < -0.4 is 9.47 Å². The van der Waals surface area contributed by atoms with Crippen LogP contribution in [0.1, 0.15) is 19.3 Å². The second-order valence-electron chi connectivity index (χ2n) is 5.96. The molecule has 0 aliphatic rings. The molecule has 0 spiro atoms. The highest BCUT2D eigenvalue weighted by Gasteiger charge is 1.98. The molecule has 0 atom stereocenters. The Bertz CT molecular complexity index is 721. The van der Waals surface area contributed by atoms with E-state index in [1.807, 2.05) is 48.5 Å². The van der Waals surface area contributed by atoms with Gasteiger partial charge in [0, 0.05) is 0 Å². The molecule has 3 aromatic rings. The molecule has 2 nitrogen and oxygen atoms in total. The minimum Gasteiger partial charge on any atom is -0.494 e. The first-order valence-corrected chi connectivity index (χ1v) is 8.88. The minimum atomic E-state index is 0.746. The van der Waals surface area contributed by atoms with Crippen LogP contribution in [0.5, 0.6) is 11.5 Å². The van der Waals surface area contributed by atoms with Gasteiger partial charge in [-0.1, -0.05) is 60.7 Å². The van der Waals surface area contributed by atoms with Crippen LogP contribution in [0, 0.1) is 0 Å². The molecule has 0 saturated heterocycles. The molecule has 0 aliphatic heterocycles. The molecule has 25 heavy (non-hydrogen) atoms. The van der Waals surface area contributed by atoms with Gasteiger partial charge in [0.15, 0.2) is 0 Å². The molecule has 3 rings (SSSR count). The van der Waals surface area contributed by atoms with E-state index < -0.39 is 0 Å². The molecule has 0 unspecified atom stereocenters. The second kappa shape index (κ2) is 9.53. The van der Waals surface area contributed by atoms with Gasteiger partial charge in [0.05, 0.1) is 13.2 Å². The molecule has 0 N–H and O–H groups in total. The lowest BCUT2D eigenvalue weighted by Gasteiger charge is -2.08. The second-order valence-corrected chi connectivity index (χ2v) is 5.96. The molecule has 0 amide bonds. The summed E-state index contributed by atoms with van der Waals surface area (Å²) >= 11 is 0. The molecular weight excluding hydrogens is 308 g/mol. The third-order valence-electron chi connectivity index (χ3n) is 4.03. The van der Waals surface area contributed by atoms with Gasteiger partial charge in [0.2, 0.25) is 0 Å². The Kier molecular flexibility index (Phi) is 6.52. The zero-order valence-corrected chi connectivity index (χ0v) is 14.4. The highest BCUT2D eigenvalue weighted by Crippen LogP contribution is 2.22. The van der Waals surface area contributed by atoms with Crippen LogP contribution >= 0.6 is 0 Å². The number of para-hydroxylation sites is 1. The molecule has 0 heterocycles. The number of hydrogen-bond acceptors (Lipinski definition) is 2. The molecule has 128 valence electrons. The fourth-order valence-electron chi connectivity index (χ4n) is 2.65. The van der Waals surface area contributed by atoms with Crippen molar-refractivity contribution in [2.24, 2.45) is 0 Å². The summed E-state index contributed by atoms with van der Waals surface area (Å²) in [5.41, 5.74) is 2.44. The molecule has 0 bridgehead atoms. The van der Waals surface area contributed by atoms with E-state index in [1.165, 1.54) is 11.1 Å². The van der Waals surface area contributed by atoms with Crippen LogP contribution in [0.25, 0.3) is 11.1 Å². The molecule has 0 aromatic heterocycles. The van der Waals surface area contributed by atoms with Gasteiger partial charge in [0.25, 0.3) is 0 Å². The topological polar surface area (TPSA) is 18.5 Å². The van der Waals surface area contributed by atoms with Crippen molar-refractivity contribution < 1.29 is 9.47 Å². The lowest BCUT2D eigenvalue weighted by atomic mass is 10.1. The quantitative estimate of drug-likeness (QED) is 0.449. The van der Waals surface area contributed by atoms with Crippen LogP contribution in [0.2, 0.25) is 0 Å². The van der Waals surface area contributed by atoms with Gasteiger partial charge < -0.3 is 9.47 Å². The number of benzene rings is 3. The molecule has 0 aliphatic carbocycles. The normalized spacial score (nSPS) is 10.4. The maximum atomic E-state index is 5.82. The lowest BCUT2D eigenvalue weighted by Crippen LogP contribution is -2.00. The Morgan fingerprint density at radius 3 is 1.52 bits per heavy atom. The Morgan fingerprint density at radius 1 is 0.440 bits per heavy atom. The largest absolute Gasteiger partial charge is 0.494 e. The van der Waals surface area contributed by atoms with Crippen molar-refractivity contribution in [1.29, 1.82) is 0 Å². The van der Waals surface area contributed by atoms with Crippen molar-refractivity contribution in [3.63, 3.8) is 0 Å². The summed E-state index contributed by atoms with van der Waals surface area (Å²) in [6.45, 7) is 1.51. The molecule has 0 saturated carbocycles. The van der Waals surface area contributed by atoms with Crippen molar-refractivity contribution in [2.75, 3.05) is 13.2 Å². The number of unbranched alkanes of at least 4 members (excludes halogenated alkanes) is 2. The Hall–Kier alpha value is -2.74. The summed E-state index contributed by atoms with van der Waals surface area (Å²) in [5, 5.41) is 0. The van der Waals surface area contributed by atoms with E-state index in [4.69, 9.17) is 9.47 Å². The van der Waals surface area contributed by atoms with Gasteiger partial charge in [-0.2, -0.15) is 0 Å². The van der Waals surface area contributed by atoms with Gasteiger partial charge in [-0.15, -0.1) is 0 Å². The fourth-order valence-corrected chi connectivity index (χ4v) is 2.65. The van der Waals surface area contributed by atoms with Gasteiger partial charge in [-0.25, -0.2) is 0 Å². The smallest absolute Gasteiger partial charge is 0.119 e. The standard InChI is InChI=1S/C23H24O2/c1-4-10-20(11-5-1)21-14-16-23(17-15-21)25-19-9-3-8-18-24-22-12-6-2-7-13-22/h1-2,4-7,10-17H,3,8-9,18-19H2. The summed E-state index contributed by atoms with van der Waals surface area (Å²) in [6, 6.07) is 28.6. The first-order valence-electron chi connectivity index (χ1n) is 8.88. The third-order valence-corrected chi connectivity index (χ3v) is 4.03. The number of rotatable bonds is 9. The van der Waals surface area contributed by atoms with Crippen molar-refractivity contribution in [3.05, 3.63) is 84.9 Å². The van der Waals surface area contributed by atoms with Crippen LogP contribution in [0.4, 0.5) is 0 Å². The zero-order chi connectivity index (χ0) is 17.2. The number of hydrogen-bond donors (Lipinski definition) is 0. The summed E-state index contributed by atoms with van der Waals surface area (Å²) in [4.78, 5) is 0. The van der Waals surface area contributed by atoms with Gasteiger partial charge in [-0.05, 0) is 54.7 Å². The molecule has 2 heteroatoms. The van der Waals surface area contributed by atoms with E-state index >= 15 is 0 Å². The van der Waals surface area contributed by atoms with Gasteiger partial charge >= 0.3 is 0 Å². The van der Waals surface area contributed by atoms with Crippen LogP contribution in [-0.2, 0) is 0 Å². The van der Waals surface area contributed by atoms with Crippen LogP contribution in [0.15, 0.2) is 84.9 Å². The fraction of sp³-hybridized carbons (Fsp3) is 0.217. The predicted molar refractivity (Wildman–Crippen MR) is 103 cm³/mol. The summed E-state index contributed by atoms with van der Waals surface area (Å²) < 4.78 is 11.5. The maximum absolute atomic E-state index is 5.82. The minimum absolute atomic E-state index is 0.746. The number of ether oxygens (including phenoxy) is 2. The van der Waals surface area contributed by atoms with Crippen molar-refractivity contribution in [1.82, 2.24) is 0 Å². The first kappa shape index (κ1) is 17.1. The predicted octanol–water partition coefficient (Wildman–Crippen LogP) is 5.98. The van der Waals surface area contributed by atoms with E-state index in [0.29, 0.717) is 0 Å². The highest BCUT2D eigenvalue weighted by atomic mass is 16.5. The molecule has 0 radical (unpaired) electrons. The third kappa shape index (κ3) is 5.68. The highest BCUT2D eigenvalue weighted by molar-refractivity contribution is 5.63. The summed E-state index contributed by atoms with van der Waals surface area (Å²) in [7, 11) is 0. The van der Waals surface area contributed by atoms with E-state index in [2.05, 4.69) is 36.4 Å². The monoisotopic (exact) mass is 332 g/mol. The zero-order valence-electron chi connectivity index (χ0n) is 14.4. The molecular formula is C23H24O2. The Labute approximate surface area is 150 Å². The molecule has 0 fully saturated rings. The van der Waals surface area contributed by atoms with E-state index in [9.17, 15) is 0 Å². The van der Waals surface area contributed by atoms with Crippen molar-refractivity contribution in [2.45, 2.75) is 19.3 Å². The van der Waals surface area contributed by atoms with E-state index in [1.54, 1.807) is 0 Å². The van der Waals surface area contributed by atoms with Gasteiger partial charge in [-0.3, -0.25) is 0 Å². The van der Waals surface area contributed by atoms with Crippen molar-refractivity contribution >= 4 is 0 Å². The summed E-state index contributed by atoms with van der Waals surface area (Å²) in [5.74, 6) is 1.87. The Morgan fingerprint density at radius 2 is 0.920 bits per heavy atom. The van der Waals surface area contributed by atoms with Crippen LogP contribution in [0.3, 0.4) is 0 Å². The maximum Gasteiger partial charge on any atom is 0.119 e. The van der Waals surface area contributed by atoms with Gasteiger partial charge in [0.1, 0.15) is 11.5 Å². The SMILES string of the molecule is c1ccc(OCCCCCOc2ccc(-c3ccccc3)cc2)cc1. The average molecular weight is 332 g/mol. The summed E-state index contributed by atoms with van der Waals surface area (Å²) in [6.07, 6.45) is 3.19. The molecule has 3 aromatic carbocycles.